The zero-order chi connectivity index (χ0) is 17.5. The second-order valence-corrected chi connectivity index (χ2v) is 6.61. The fourth-order valence-corrected chi connectivity index (χ4v) is 3.72. The lowest BCUT2D eigenvalue weighted by Crippen LogP contribution is -2.28. The maximum Gasteiger partial charge on any atom is 0.235 e. The van der Waals surface area contributed by atoms with E-state index in [1.165, 1.54) is 0 Å². The smallest absolute Gasteiger partial charge is 0.235 e. The molecular weight excluding hydrogens is 328 g/mol. The monoisotopic (exact) mass is 346 g/mol. The summed E-state index contributed by atoms with van der Waals surface area (Å²) in [4.78, 5) is 19.8. The van der Waals surface area contributed by atoms with Gasteiger partial charge in [0.05, 0.1) is 13.2 Å². The fourth-order valence-electron chi connectivity index (χ4n) is 3.72. The van der Waals surface area contributed by atoms with E-state index in [0.29, 0.717) is 29.7 Å². The van der Waals surface area contributed by atoms with E-state index in [0.717, 1.165) is 24.5 Å². The molecule has 2 fully saturated rings. The Kier molecular flexibility index (Phi) is 3.53. The molecule has 26 heavy (non-hydrogen) atoms. The minimum absolute atomic E-state index is 0.218. The van der Waals surface area contributed by atoms with Crippen LogP contribution >= 0.6 is 0 Å². The Hall–Kier alpha value is -3.06. The third-order valence-corrected chi connectivity index (χ3v) is 5.03. The van der Waals surface area contributed by atoms with E-state index in [-0.39, 0.29) is 5.95 Å². The number of nitrogen functional groups attached to an aromatic ring is 1. The quantitative estimate of drug-likeness (QED) is 0.775. The van der Waals surface area contributed by atoms with E-state index in [9.17, 15) is 0 Å². The first-order valence-electron chi connectivity index (χ1n) is 8.65. The maximum absolute atomic E-state index is 6.02. The number of hydrogen-bond donors (Lipinski definition) is 1. The van der Waals surface area contributed by atoms with Gasteiger partial charge in [-0.15, -0.1) is 0 Å². The van der Waals surface area contributed by atoms with Crippen LogP contribution in [0.1, 0.15) is 0 Å². The molecule has 2 unspecified atom stereocenters. The van der Waals surface area contributed by atoms with E-state index in [1.807, 2.05) is 42.5 Å². The predicted octanol–water partition coefficient (Wildman–Crippen LogP) is 2.30. The summed E-state index contributed by atoms with van der Waals surface area (Å²) in [5, 5.41) is 0. The molecule has 2 N–H and O–H groups in total. The zero-order valence-corrected chi connectivity index (χ0v) is 14.1. The van der Waals surface area contributed by atoms with Crippen molar-refractivity contribution in [3.63, 3.8) is 0 Å². The number of benzene rings is 1. The molecule has 1 saturated carbocycles. The second-order valence-electron chi connectivity index (χ2n) is 6.61. The minimum atomic E-state index is 0.218. The average molecular weight is 346 g/mol. The highest BCUT2D eigenvalue weighted by Crippen LogP contribution is 2.51. The number of hydrogen-bond acceptors (Lipinski definition) is 7. The number of ether oxygens (including phenoxy) is 1. The summed E-state index contributed by atoms with van der Waals surface area (Å²) in [7, 11) is 0. The summed E-state index contributed by atoms with van der Waals surface area (Å²) in [6, 6.07) is 14.1. The van der Waals surface area contributed by atoms with Crippen molar-refractivity contribution in [3.05, 3.63) is 54.9 Å². The van der Waals surface area contributed by atoms with Crippen LogP contribution in [0.25, 0.3) is 11.4 Å². The summed E-state index contributed by atoms with van der Waals surface area (Å²) in [5.74, 6) is 2.37. The van der Waals surface area contributed by atoms with Crippen LogP contribution < -0.4 is 10.6 Å². The molecule has 3 aromatic rings. The first-order valence-corrected chi connectivity index (χ1v) is 8.65. The molecule has 1 aromatic carbocycles. The third-order valence-electron chi connectivity index (χ3n) is 5.03. The van der Waals surface area contributed by atoms with Gasteiger partial charge >= 0.3 is 0 Å². The fraction of sp³-hybridized carbons (Fsp3) is 0.263. The van der Waals surface area contributed by atoms with Gasteiger partial charge in [-0.25, -0.2) is 0 Å². The molecule has 3 heterocycles. The van der Waals surface area contributed by atoms with E-state index in [4.69, 9.17) is 15.5 Å². The predicted molar refractivity (Wildman–Crippen MR) is 97.6 cm³/mol. The number of nitrogens with zero attached hydrogens (tertiary/aromatic N) is 5. The Morgan fingerprint density at radius 1 is 0.923 bits per heavy atom. The summed E-state index contributed by atoms with van der Waals surface area (Å²) < 4.78 is 5.56. The molecule has 5 rings (SSSR count). The second kappa shape index (κ2) is 6.03. The van der Waals surface area contributed by atoms with Crippen molar-refractivity contribution in [3.8, 4) is 11.4 Å². The van der Waals surface area contributed by atoms with Crippen LogP contribution in [-0.2, 0) is 4.74 Å². The van der Waals surface area contributed by atoms with Gasteiger partial charge in [-0.2, -0.15) is 15.0 Å². The van der Waals surface area contributed by atoms with E-state index in [2.05, 4.69) is 19.9 Å². The highest BCUT2D eigenvalue weighted by molar-refractivity contribution is 5.64. The lowest BCUT2D eigenvalue weighted by atomic mass is 10.2. The molecule has 2 aromatic heterocycles. The van der Waals surface area contributed by atoms with Crippen LogP contribution in [0.3, 0.4) is 0 Å². The Morgan fingerprint density at radius 2 is 1.65 bits per heavy atom. The van der Waals surface area contributed by atoms with Gasteiger partial charge in [-0.1, -0.05) is 30.3 Å². The molecule has 0 amide bonds. The lowest BCUT2D eigenvalue weighted by molar-refractivity contribution is 0.160. The molecule has 2 aliphatic rings. The zero-order valence-electron chi connectivity index (χ0n) is 14.1. The number of nitrogens with two attached hydrogens (primary N) is 1. The largest absolute Gasteiger partial charge is 0.381 e. The minimum Gasteiger partial charge on any atom is -0.381 e. The maximum atomic E-state index is 6.02. The van der Waals surface area contributed by atoms with Crippen molar-refractivity contribution < 1.29 is 4.74 Å². The van der Waals surface area contributed by atoms with Crippen molar-refractivity contribution in [2.24, 2.45) is 11.8 Å². The SMILES string of the molecule is Nc1nc(-c2ccccc2)nc(N(c2ccncc2)C2C3COCC32)n1. The topological polar surface area (TPSA) is 90.1 Å². The Morgan fingerprint density at radius 3 is 2.38 bits per heavy atom. The standard InChI is InChI=1S/C19H18N6O/c20-18-22-17(12-4-2-1-3-5-12)23-19(24-18)25(13-6-8-21-9-7-13)16-14-10-26-11-15(14)16/h1-9,14-16H,10-11H2,(H2,20,22,23,24). The summed E-state index contributed by atoms with van der Waals surface area (Å²) in [6.07, 6.45) is 3.55. The van der Waals surface area contributed by atoms with Gasteiger partial charge in [0, 0.05) is 41.5 Å². The molecule has 130 valence electrons. The molecule has 1 saturated heterocycles. The van der Waals surface area contributed by atoms with Crippen LogP contribution in [0.4, 0.5) is 17.6 Å². The lowest BCUT2D eigenvalue weighted by Gasteiger charge is -2.25. The van der Waals surface area contributed by atoms with Crippen LogP contribution in [0, 0.1) is 11.8 Å². The average Bonchev–Trinajstić information content (AvgIpc) is 3.12. The molecule has 2 atom stereocenters. The van der Waals surface area contributed by atoms with E-state index >= 15 is 0 Å². The van der Waals surface area contributed by atoms with Crippen LogP contribution in [0.15, 0.2) is 54.9 Å². The van der Waals surface area contributed by atoms with Gasteiger partial charge in [0.2, 0.25) is 11.9 Å². The number of fused-ring (bicyclic) bond motifs is 1. The van der Waals surface area contributed by atoms with Gasteiger partial charge in [-0.3, -0.25) is 4.98 Å². The Balaban J connectivity index is 1.60. The van der Waals surface area contributed by atoms with Gasteiger partial charge in [0.15, 0.2) is 5.82 Å². The molecular formula is C19H18N6O. The molecule has 0 radical (unpaired) electrons. The van der Waals surface area contributed by atoms with Crippen molar-refractivity contribution in [1.82, 2.24) is 19.9 Å². The number of rotatable bonds is 4. The van der Waals surface area contributed by atoms with E-state index in [1.54, 1.807) is 12.4 Å². The van der Waals surface area contributed by atoms with Crippen molar-refractivity contribution >= 4 is 17.6 Å². The molecule has 7 nitrogen and oxygen atoms in total. The van der Waals surface area contributed by atoms with Gasteiger partial charge in [0.1, 0.15) is 0 Å². The van der Waals surface area contributed by atoms with E-state index < -0.39 is 0 Å². The first kappa shape index (κ1) is 15.2. The summed E-state index contributed by atoms with van der Waals surface area (Å²) >= 11 is 0. The van der Waals surface area contributed by atoms with Gasteiger partial charge < -0.3 is 15.4 Å². The normalized spacial score (nSPS) is 23.5. The molecule has 0 spiro atoms. The van der Waals surface area contributed by atoms with Crippen LogP contribution in [0.5, 0.6) is 0 Å². The van der Waals surface area contributed by atoms with Gasteiger partial charge in [-0.05, 0) is 12.1 Å². The first-order chi connectivity index (χ1) is 12.8. The summed E-state index contributed by atoms with van der Waals surface area (Å²) in [5.41, 5.74) is 7.94. The molecule has 1 aliphatic carbocycles. The molecule has 0 bridgehead atoms. The van der Waals surface area contributed by atoms with Crippen molar-refractivity contribution in [2.45, 2.75) is 6.04 Å². The van der Waals surface area contributed by atoms with Crippen molar-refractivity contribution in [1.29, 1.82) is 0 Å². The summed E-state index contributed by atoms with van der Waals surface area (Å²) in [6.45, 7) is 1.56. The number of aromatic nitrogens is 4. The van der Waals surface area contributed by atoms with Crippen molar-refractivity contribution in [2.75, 3.05) is 23.8 Å². The number of anilines is 3. The highest BCUT2D eigenvalue weighted by Gasteiger charge is 2.58. The highest BCUT2D eigenvalue weighted by atomic mass is 16.5. The Labute approximate surface area is 150 Å². The van der Waals surface area contributed by atoms with Gasteiger partial charge in [0.25, 0.3) is 0 Å². The van der Waals surface area contributed by atoms with Crippen LogP contribution in [-0.4, -0.2) is 39.2 Å². The molecule has 7 heteroatoms. The molecule has 1 aliphatic heterocycles. The Bertz CT molecular complexity index is 910. The van der Waals surface area contributed by atoms with Crippen LogP contribution in [0.2, 0.25) is 0 Å². The third kappa shape index (κ3) is 2.57. The number of pyridine rings is 1.